The van der Waals surface area contributed by atoms with Crippen LogP contribution >= 0.6 is 0 Å². The Kier molecular flexibility index (Phi) is 4.97. The number of amides is 1. The number of hydrogen-bond acceptors (Lipinski definition) is 6. The van der Waals surface area contributed by atoms with Crippen molar-refractivity contribution in [2.24, 2.45) is 10.7 Å². The third kappa shape index (κ3) is 3.41. The van der Waals surface area contributed by atoms with E-state index in [1.165, 1.54) is 26.1 Å². The van der Waals surface area contributed by atoms with Gasteiger partial charge in [0.05, 0.1) is 5.56 Å². The van der Waals surface area contributed by atoms with E-state index >= 15 is 0 Å². The molecule has 3 N–H and O–H groups in total. The van der Waals surface area contributed by atoms with Gasteiger partial charge in [-0.1, -0.05) is 0 Å². The van der Waals surface area contributed by atoms with Crippen molar-refractivity contribution in [3.05, 3.63) is 59.2 Å². The minimum absolute atomic E-state index is 0.0835. The zero-order valence-corrected chi connectivity index (χ0v) is 18.3. The van der Waals surface area contributed by atoms with Crippen LogP contribution in [0.3, 0.4) is 0 Å². The summed E-state index contributed by atoms with van der Waals surface area (Å²) in [5, 5.41) is 2.44. The average molecular weight is 485 g/mol. The van der Waals surface area contributed by atoms with Gasteiger partial charge < -0.3 is 11.1 Å². The predicted molar refractivity (Wildman–Crippen MR) is 111 cm³/mol. The molecule has 13 heteroatoms. The fourth-order valence-electron chi connectivity index (χ4n) is 4.07. The Labute approximate surface area is 186 Å². The van der Waals surface area contributed by atoms with Crippen LogP contribution in [0.4, 0.5) is 23.2 Å². The fourth-order valence-corrected chi connectivity index (χ4v) is 6.16. The maximum Gasteiger partial charge on any atom is 0.417 e. The smallest absolute Gasteiger partial charge is 0.369 e. The molecular formula is C20H19F4N5O3S. The Balaban J connectivity index is 1.69. The van der Waals surface area contributed by atoms with Crippen LogP contribution in [0.2, 0.25) is 0 Å². The van der Waals surface area contributed by atoms with Gasteiger partial charge in [-0.15, -0.1) is 0 Å². The van der Waals surface area contributed by atoms with E-state index in [1.54, 1.807) is 0 Å². The van der Waals surface area contributed by atoms with Crippen molar-refractivity contribution in [3.8, 4) is 0 Å². The monoisotopic (exact) mass is 485 g/mol. The first-order valence-electron chi connectivity index (χ1n) is 9.71. The van der Waals surface area contributed by atoms with Gasteiger partial charge in [-0.2, -0.15) is 13.2 Å². The molecule has 176 valence electrons. The highest BCUT2D eigenvalue weighted by Gasteiger charge is 2.70. The van der Waals surface area contributed by atoms with Crippen molar-refractivity contribution in [2.45, 2.75) is 36.2 Å². The summed E-state index contributed by atoms with van der Waals surface area (Å²) in [6.07, 6.45) is -3.57. The van der Waals surface area contributed by atoms with Gasteiger partial charge in [0.1, 0.15) is 21.8 Å². The number of carbonyl (C=O) groups is 1. The van der Waals surface area contributed by atoms with Gasteiger partial charge in [-0.3, -0.25) is 9.78 Å². The number of nitrogens with one attached hydrogen (secondary N) is 1. The first-order chi connectivity index (χ1) is 15.2. The number of anilines is 1. The summed E-state index contributed by atoms with van der Waals surface area (Å²) in [5.41, 5.74) is 2.96. The van der Waals surface area contributed by atoms with Crippen LogP contribution in [0.1, 0.15) is 41.4 Å². The standard InChI is InChI=1S/C20H19F4N5O3S/c1-18(19(7-8-19)33(31,32)29(2)17(25)28-18)13-9-12(4-5-14(13)21)27-16(30)15-6-3-11(10-26-15)20(22,23)24/h3-6,9-10H,7-8H2,1-2H3,(H2,25,28)(H,27,30). The number of aromatic nitrogens is 1. The van der Waals surface area contributed by atoms with E-state index in [4.69, 9.17) is 5.73 Å². The van der Waals surface area contributed by atoms with Gasteiger partial charge in [0.25, 0.3) is 5.91 Å². The number of nitrogens with zero attached hydrogens (tertiary/aromatic N) is 3. The number of carbonyl (C=O) groups excluding carboxylic acids is 1. The Bertz CT molecular complexity index is 1270. The van der Waals surface area contributed by atoms with Crippen LogP contribution in [0.15, 0.2) is 41.5 Å². The molecule has 2 heterocycles. The Morgan fingerprint density at radius 3 is 2.42 bits per heavy atom. The largest absolute Gasteiger partial charge is 0.417 e. The highest BCUT2D eigenvalue weighted by atomic mass is 32.2. The molecule has 8 nitrogen and oxygen atoms in total. The lowest BCUT2D eigenvalue weighted by Crippen LogP contribution is -2.58. The Morgan fingerprint density at radius 1 is 1.21 bits per heavy atom. The summed E-state index contributed by atoms with van der Waals surface area (Å²) in [5.74, 6) is -1.87. The van der Waals surface area contributed by atoms with Crippen LogP contribution < -0.4 is 11.1 Å². The second kappa shape index (κ2) is 7.14. The lowest BCUT2D eigenvalue weighted by molar-refractivity contribution is -0.137. The topological polar surface area (TPSA) is 118 Å². The third-order valence-corrected chi connectivity index (χ3v) is 8.88. The molecule has 1 fully saturated rings. The quantitative estimate of drug-likeness (QED) is 0.649. The lowest BCUT2D eigenvalue weighted by Gasteiger charge is -2.42. The SMILES string of the molecule is CN1C(N)=NC(C)(c2cc(NC(=O)c3ccc(C(F)(F)F)cn3)ccc2F)C2(CC2)S1(=O)=O. The zero-order valence-electron chi connectivity index (χ0n) is 17.4. The summed E-state index contributed by atoms with van der Waals surface area (Å²) in [6, 6.07) is 5.16. The summed E-state index contributed by atoms with van der Waals surface area (Å²) >= 11 is 0. The van der Waals surface area contributed by atoms with Crippen LogP contribution in [-0.4, -0.2) is 41.4 Å². The van der Waals surface area contributed by atoms with E-state index in [2.05, 4.69) is 15.3 Å². The molecule has 2 aliphatic rings. The number of rotatable bonds is 3. The first kappa shape index (κ1) is 23.0. The molecule has 1 atom stereocenters. The lowest BCUT2D eigenvalue weighted by atomic mass is 9.86. The highest BCUT2D eigenvalue weighted by Crippen LogP contribution is 2.60. The fraction of sp³-hybridized carbons (Fsp3) is 0.350. The number of sulfonamides is 1. The van der Waals surface area contributed by atoms with Crippen molar-refractivity contribution >= 4 is 27.6 Å². The van der Waals surface area contributed by atoms with Gasteiger partial charge in [0.2, 0.25) is 16.0 Å². The van der Waals surface area contributed by atoms with E-state index in [9.17, 15) is 30.8 Å². The minimum atomic E-state index is -4.60. The van der Waals surface area contributed by atoms with Gasteiger partial charge >= 0.3 is 6.18 Å². The van der Waals surface area contributed by atoms with Gasteiger partial charge in [-0.25, -0.2) is 22.1 Å². The molecule has 2 aromatic rings. The molecule has 0 bridgehead atoms. The number of halogens is 4. The van der Waals surface area contributed by atoms with Crippen molar-refractivity contribution < 1.29 is 30.8 Å². The summed E-state index contributed by atoms with van der Waals surface area (Å²) < 4.78 is 78.6. The molecule has 1 aliphatic heterocycles. The molecule has 1 unspecified atom stereocenters. The number of hydrogen-bond donors (Lipinski definition) is 2. The first-order valence-corrected chi connectivity index (χ1v) is 11.2. The van der Waals surface area contributed by atoms with Crippen LogP contribution in [0, 0.1) is 5.82 Å². The van der Waals surface area contributed by atoms with E-state index in [-0.39, 0.29) is 35.7 Å². The predicted octanol–water partition coefficient (Wildman–Crippen LogP) is 2.83. The van der Waals surface area contributed by atoms with E-state index in [0.29, 0.717) is 6.20 Å². The van der Waals surface area contributed by atoms with Crippen LogP contribution in [0.25, 0.3) is 0 Å². The zero-order chi connectivity index (χ0) is 24.4. The normalized spacial score (nSPS) is 23.2. The van der Waals surface area contributed by atoms with Crippen molar-refractivity contribution in [1.29, 1.82) is 0 Å². The Hall–Kier alpha value is -3.22. The molecule has 1 aromatic carbocycles. The molecule has 0 radical (unpaired) electrons. The third-order valence-electron chi connectivity index (χ3n) is 6.18. The Morgan fingerprint density at radius 2 is 1.88 bits per heavy atom. The number of alkyl halides is 3. The minimum Gasteiger partial charge on any atom is -0.369 e. The number of nitrogens with two attached hydrogens (primary N) is 1. The maximum absolute atomic E-state index is 14.9. The van der Waals surface area contributed by atoms with Crippen LogP contribution in [-0.2, 0) is 21.7 Å². The van der Waals surface area contributed by atoms with E-state index < -0.39 is 43.8 Å². The van der Waals surface area contributed by atoms with Crippen molar-refractivity contribution in [1.82, 2.24) is 9.29 Å². The van der Waals surface area contributed by atoms with E-state index in [1.807, 2.05) is 0 Å². The molecule has 1 aliphatic carbocycles. The van der Waals surface area contributed by atoms with Crippen molar-refractivity contribution in [2.75, 3.05) is 12.4 Å². The maximum atomic E-state index is 14.9. The average Bonchev–Trinajstić information content (AvgIpc) is 3.56. The second-order valence-electron chi connectivity index (χ2n) is 8.09. The molecule has 1 aromatic heterocycles. The number of guanidine groups is 1. The molecule has 4 rings (SSSR count). The number of benzene rings is 1. The number of aliphatic imine (C=N–C) groups is 1. The van der Waals surface area contributed by atoms with Gasteiger partial charge in [-0.05, 0) is 50.1 Å². The summed E-state index contributed by atoms with van der Waals surface area (Å²) in [7, 11) is -2.65. The molecule has 1 saturated carbocycles. The van der Waals surface area contributed by atoms with E-state index in [0.717, 1.165) is 22.5 Å². The highest BCUT2D eigenvalue weighted by molar-refractivity contribution is 7.91. The molecular weight excluding hydrogens is 466 g/mol. The van der Waals surface area contributed by atoms with Gasteiger partial charge in [0, 0.05) is 24.5 Å². The second-order valence-corrected chi connectivity index (χ2v) is 10.4. The molecule has 33 heavy (non-hydrogen) atoms. The van der Waals surface area contributed by atoms with Gasteiger partial charge in [0.15, 0.2) is 0 Å². The number of pyridine rings is 1. The summed E-state index contributed by atoms with van der Waals surface area (Å²) in [6.45, 7) is 1.47. The summed E-state index contributed by atoms with van der Waals surface area (Å²) in [4.78, 5) is 20.3. The molecule has 1 amide bonds. The van der Waals surface area contributed by atoms with Crippen LogP contribution in [0.5, 0.6) is 0 Å². The molecule has 0 saturated heterocycles. The molecule has 1 spiro atoms. The van der Waals surface area contributed by atoms with Crippen molar-refractivity contribution in [3.63, 3.8) is 0 Å².